The summed E-state index contributed by atoms with van der Waals surface area (Å²) in [5, 5.41) is 0. The van der Waals surface area contributed by atoms with E-state index in [0.29, 0.717) is 31.6 Å². The van der Waals surface area contributed by atoms with Crippen LogP contribution in [0.4, 0.5) is 13.2 Å². The number of epoxide rings is 1. The van der Waals surface area contributed by atoms with Crippen LogP contribution in [0.15, 0.2) is 24.3 Å². The predicted octanol–water partition coefficient (Wildman–Crippen LogP) is 5.17. The molecular weight excluding hydrogens is 345 g/mol. The highest BCUT2D eigenvalue weighted by Gasteiger charge is 2.53. The summed E-state index contributed by atoms with van der Waals surface area (Å²) >= 11 is 0. The Morgan fingerprint density at radius 2 is 2.08 bits per heavy atom. The first kappa shape index (κ1) is 20.7. The van der Waals surface area contributed by atoms with Gasteiger partial charge in [0.1, 0.15) is 0 Å². The minimum absolute atomic E-state index is 0.227. The van der Waals surface area contributed by atoms with E-state index in [-0.39, 0.29) is 11.9 Å². The van der Waals surface area contributed by atoms with Gasteiger partial charge in [0.05, 0.1) is 18.8 Å². The number of unbranched alkanes of at least 4 members (excludes halogenated alkanes) is 1. The molecule has 1 heterocycles. The van der Waals surface area contributed by atoms with Crippen LogP contribution in [-0.2, 0) is 26.9 Å². The zero-order valence-electron chi connectivity index (χ0n) is 15.4. The number of benzene rings is 1. The van der Waals surface area contributed by atoms with Crippen molar-refractivity contribution in [2.45, 2.75) is 64.1 Å². The lowest BCUT2D eigenvalue weighted by Gasteiger charge is -2.15. The third-order valence-corrected chi connectivity index (χ3v) is 4.71. The lowest BCUT2D eigenvalue weighted by Crippen LogP contribution is -2.27. The van der Waals surface area contributed by atoms with Gasteiger partial charge < -0.3 is 9.47 Å². The fourth-order valence-electron chi connectivity index (χ4n) is 3.01. The van der Waals surface area contributed by atoms with Gasteiger partial charge in [-0.15, -0.1) is 0 Å². The summed E-state index contributed by atoms with van der Waals surface area (Å²) in [6, 6.07) is 5.48. The molecule has 0 spiro atoms. The van der Waals surface area contributed by atoms with Gasteiger partial charge in [0.2, 0.25) is 0 Å². The number of ether oxygens (including phenoxy) is 2. The van der Waals surface area contributed by atoms with Crippen molar-refractivity contribution in [1.82, 2.24) is 0 Å². The molecule has 146 valence electrons. The van der Waals surface area contributed by atoms with Crippen molar-refractivity contribution in [3.05, 3.63) is 35.4 Å². The Morgan fingerprint density at radius 3 is 2.69 bits per heavy atom. The van der Waals surface area contributed by atoms with Crippen molar-refractivity contribution in [3.8, 4) is 0 Å². The first-order chi connectivity index (χ1) is 12.3. The van der Waals surface area contributed by atoms with Crippen LogP contribution < -0.4 is 0 Å². The molecule has 0 aromatic heterocycles. The Bertz CT molecular complexity index is 594. The molecule has 6 heteroatoms. The van der Waals surface area contributed by atoms with Crippen LogP contribution in [0.5, 0.6) is 0 Å². The molecule has 0 aliphatic carbocycles. The van der Waals surface area contributed by atoms with Crippen LogP contribution in [0.3, 0.4) is 0 Å². The monoisotopic (exact) mass is 372 g/mol. The standard InChI is InChI=1S/C20H27F3O3/c1-3-4-11-25-18(24)19(14-26-19)10-6-7-15(2)12-16-8-5-9-17(13-16)20(21,22)23/h5,8-9,13,15H,3-4,6-7,10-12,14H2,1-2H3. The average molecular weight is 372 g/mol. The van der Waals surface area contributed by atoms with E-state index in [1.54, 1.807) is 6.07 Å². The molecule has 3 nitrogen and oxygen atoms in total. The molecule has 1 saturated heterocycles. The van der Waals surface area contributed by atoms with E-state index in [0.717, 1.165) is 31.7 Å². The van der Waals surface area contributed by atoms with E-state index in [2.05, 4.69) is 0 Å². The van der Waals surface area contributed by atoms with Crippen molar-refractivity contribution >= 4 is 5.97 Å². The maximum absolute atomic E-state index is 12.8. The number of rotatable bonds is 10. The summed E-state index contributed by atoms with van der Waals surface area (Å²) in [5.41, 5.74) is -0.699. The molecule has 0 radical (unpaired) electrons. The predicted molar refractivity (Wildman–Crippen MR) is 92.7 cm³/mol. The van der Waals surface area contributed by atoms with Crippen molar-refractivity contribution in [1.29, 1.82) is 0 Å². The molecule has 0 N–H and O–H groups in total. The van der Waals surface area contributed by atoms with E-state index >= 15 is 0 Å². The highest BCUT2D eigenvalue weighted by atomic mass is 19.4. The Kier molecular flexibility index (Phi) is 7.09. The van der Waals surface area contributed by atoms with Crippen molar-refractivity contribution in [2.75, 3.05) is 13.2 Å². The number of hydrogen-bond donors (Lipinski definition) is 0. The molecule has 1 fully saturated rings. The van der Waals surface area contributed by atoms with Gasteiger partial charge in [0, 0.05) is 0 Å². The minimum Gasteiger partial charge on any atom is -0.463 e. The molecule has 0 saturated carbocycles. The Hall–Kier alpha value is -1.56. The second-order valence-corrected chi connectivity index (χ2v) is 7.17. The number of alkyl halides is 3. The normalized spacial score (nSPS) is 20.7. The van der Waals surface area contributed by atoms with E-state index in [1.807, 2.05) is 13.8 Å². The smallest absolute Gasteiger partial charge is 0.416 e. The van der Waals surface area contributed by atoms with E-state index in [4.69, 9.17) is 9.47 Å². The van der Waals surface area contributed by atoms with E-state index < -0.39 is 17.3 Å². The Balaban J connectivity index is 1.75. The second kappa shape index (κ2) is 8.89. The van der Waals surface area contributed by atoms with Crippen molar-refractivity contribution in [2.24, 2.45) is 5.92 Å². The highest BCUT2D eigenvalue weighted by Crippen LogP contribution is 2.35. The first-order valence-corrected chi connectivity index (χ1v) is 9.24. The quantitative estimate of drug-likeness (QED) is 0.323. The van der Waals surface area contributed by atoms with E-state index in [1.165, 1.54) is 12.1 Å². The first-order valence-electron chi connectivity index (χ1n) is 9.24. The average Bonchev–Trinajstić information content (AvgIpc) is 3.35. The van der Waals surface area contributed by atoms with Crippen LogP contribution >= 0.6 is 0 Å². The van der Waals surface area contributed by atoms with Gasteiger partial charge >= 0.3 is 12.1 Å². The van der Waals surface area contributed by atoms with Gasteiger partial charge in [0.25, 0.3) is 0 Å². The molecule has 1 aromatic carbocycles. The number of carbonyl (C=O) groups excluding carboxylic acids is 1. The number of carbonyl (C=O) groups is 1. The maximum Gasteiger partial charge on any atom is 0.416 e. The lowest BCUT2D eigenvalue weighted by molar-refractivity contribution is -0.150. The van der Waals surface area contributed by atoms with Gasteiger partial charge in [-0.2, -0.15) is 13.2 Å². The fraction of sp³-hybridized carbons (Fsp3) is 0.650. The van der Waals surface area contributed by atoms with E-state index in [9.17, 15) is 18.0 Å². The zero-order chi connectivity index (χ0) is 19.2. The van der Waals surface area contributed by atoms with Gasteiger partial charge in [-0.3, -0.25) is 0 Å². The van der Waals surface area contributed by atoms with Gasteiger partial charge in [-0.05, 0) is 43.2 Å². The van der Waals surface area contributed by atoms with Gasteiger partial charge in [-0.25, -0.2) is 4.79 Å². The summed E-state index contributed by atoms with van der Waals surface area (Å²) in [6.45, 7) is 4.87. The SMILES string of the molecule is CCCCOC(=O)C1(CCCC(C)Cc2cccc(C(F)(F)F)c2)CO1. The zero-order valence-corrected chi connectivity index (χ0v) is 15.4. The number of hydrogen-bond acceptors (Lipinski definition) is 3. The number of esters is 1. The number of halogens is 3. The highest BCUT2D eigenvalue weighted by molar-refractivity contribution is 5.82. The van der Waals surface area contributed by atoms with Crippen LogP contribution in [-0.4, -0.2) is 24.8 Å². The molecule has 26 heavy (non-hydrogen) atoms. The molecule has 2 unspecified atom stereocenters. The van der Waals surface area contributed by atoms with Crippen LogP contribution in [0.1, 0.15) is 57.1 Å². The van der Waals surface area contributed by atoms with Crippen LogP contribution in [0.25, 0.3) is 0 Å². The maximum atomic E-state index is 12.8. The second-order valence-electron chi connectivity index (χ2n) is 7.17. The summed E-state index contributed by atoms with van der Waals surface area (Å²) in [4.78, 5) is 12.0. The van der Waals surface area contributed by atoms with Gasteiger partial charge in [0.15, 0.2) is 5.60 Å². The molecule has 0 bridgehead atoms. The molecule has 1 aliphatic rings. The Morgan fingerprint density at radius 1 is 1.35 bits per heavy atom. The molecule has 1 aromatic rings. The minimum atomic E-state index is -4.31. The third kappa shape index (κ3) is 6.01. The fourth-order valence-corrected chi connectivity index (χ4v) is 3.01. The topological polar surface area (TPSA) is 38.8 Å². The largest absolute Gasteiger partial charge is 0.463 e. The summed E-state index contributed by atoms with van der Waals surface area (Å²) < 4.78 is 48.9. The van der Waals surface area contributed by atoms with Crippen molar-refractivity contribution < 1.29 is 27.4 Å². The molecule has 2 rings (SSSR count). The van der Waals surface area contributed by atoms with Crippen molar-refractivity contribution in [3.63, 3.8) is 0 Å². The lowest BCUT2D eigenvalue weighted by atomic mass is 9.92. The van der Waals surface area contributed by atoms with Crippen LogP contribution in [0.2, 0.25) is 0 Å². The summed E-state index contributed by atoms with van der Waals surface area (Å²) in [6.07, 6.45) is 0.285. The van der Waals surface area contributed by atoms with Gasteiger partial charge in [-0.1, -0.05) is 44.9 Å². The third-order valence-electron chi connectivity index (χ3n) is 4.71. The summed E-state index contributed by atoms with van der Waals surface area (Å²) in [7, 11) is 0. The van der Waals surface area contributed by atoms with Crippen LogP contribution in [0, 0.1) is 5.92 Å². The Labute approximate surface area is 152 Å². The molecular formula is C20H27F3O3. The summed E-state index contributed by atoms with van der Waals surface area (Å²) in [5.74, 6) is -0.0538. The molecule has 1 aliphatic heterocycles. The molecule has 2 atom stereocenters. The molecule has 0 amide bonds.